The van der Waals surface area contributed by atoms with Gasteiger partial charge in [0.1, 0.15) is 0 Å². The normalized spacial score (nSPS) is 14.0. The summed E-state index contributed by atoms with van der Waals surface area (Å²) in [7, 11) is 0. The molecule has 0 radical (unpaired) electrons. The average molecular weight is 325 g/mol. The Morgan fingerprint density at radius 2 is 1.74 bits per heavy atom. The van der Waals surface area contributed by atoms with E-state index in [9.17, 15) is 0 Å². The standard InChI is InChI=1S/C19H23N3S/c1-23-15-18-9-7-16(8-10-18)13-21-19-20-11-12-22(19)14-17-5-3-2-4-6-17/h2-10H,11-15H2,1H3,(H,20,21). The second kappa shape index (κ2) is 8.06. The highest BCUT2D eigenvalue weighted by Crippen LogP contribution is 2.12. The summed E-state index contributed by atoms with van der Waals surface area (Å²) in [5.74, 6) is 2.09. The summed E-state index contributed by atoms with van der Waals surface area (Å²) in [6.07, 6.45) is 2.13. The van der Waals surface area contributed by atoms with Crippen LogP contribution in [0.5, 0.6) is 0 Å². The third-order valence-corrected chi connectivity index (χ3v) is 4.55. The van der Waals surface area contributed by atoms with Crippen molar-refractivity contribution in [2.75, 3.05) is 19.3 Å². The maximum absolute atomic E-state index is 4.60. The predicted octanol–water partition coefficient (Wildman–Crippen LogP) is 3.51. The van der Waals surface area contributed by atoms with Crippen LogP contribution in [0.15, 0.2) is 59.6 Å². The number of rotatable bonds is 6. The first-order chi connectivity index (χ1) is 11.3. The fourth-order valence-corrected chi connectivity index (χ4v) is 3.23. The van der Waals surface area contributed by atoms with Gasteiger partial charge in [0.15, 0.2) is 5.96 Å². The molecule has 4 heteroatoms. The number of benzene rings is 2. The molecule has 1 N–H and O–H groups in total. The van der Waals surface area contributed by atoms with Crippen molar-refractivity contribution in [3.05, 3.63) is 71.3 Å². The number of aliphatic imine (C=N–C) groups is 1. The fraction of sp³-hybridized carbons (Fsp3) is 0.316. The van der Waals surface area contributed by atoms with E-state index in [1.54, 1.807) is 0 Å². The molecule has 120 valence electrons. The Labute approximate surface area is 142 Å². The van der Waals surface area contributed by atoms with E-state index in [4.69, 9.17) is 0 Å². The summed E-state index contributed by atoms with van der Waals surface area (Å²) in [6.45, 7) is 3.61. The van der Waals surface area contributed by atoms with Crippen LogP contribution in [0.4, 0.5) is 0 Å². The number of nitrogens with zero attached hydrogens (tertiary/aromatic N) is 2. The van der Waals surface area contributed by atoms with Crippen LogP contribution in [0, 0.1) is 0 Å². The summed E-state index contributed by atoms with van der Waals surface area (Å²) >= 11 is 1.85. The van der Waals surface area contributed by atoms with Crippen LogP contribution in [-0.4, -0.2) is 30.2 Å². The minimum atomic E-state index is 0.823. The van der Waals surface area contributed by atoms with Crippen molar-refractivity contribution in [2.24, 2.45) is 4.99 Å². The first-order valence-corrected chi connectivity index (χ1v) is 9.38. The van der Waals surface area contributed by atoms with E-state index in [1.165, 1.54) is 16.7 Å². The Hall–Kier alpha value is -1.94. The van der Waals surface area contributed by atoms with Gasteiger partial charge in [-0.25, -0.2) is 0 Å². The summed E-state index contributed by atoms with van der Waals surface area (Å²) in [5, 5.41) is 3.49. The molecule has 2 aromatic carbocycles. The van der Waals surface area contributed by atoms with Crippen molar-refractivity contribution in [1.29, 1.82) is 0 Å². The lowest BCUT2D eigenvalue weighted by Crippen LogP contribution is -2.37. The van der Waals surface area contributed by atoms with E-state index >= 15 is 0 Å². The van der Waals surface area contributed by atoms with Gasteiger partial charge in [-0.05, 0) is 22.9 Å². The van der Waals surface area contributed by atoms with Gasteiger partial charge in [0, 0.05) is 25.4 Å². The van der Waals surface area contributed by atoms with E-state index in [0.717, 1.165) is 37.9 Å². The molecule has 0 spiro atoms. The zero-order valence-electron chi connectivity index (χ0n) is 13.5. The van der Waals surface area contributed by atoms with Crippen molar-refractivity contribution in [3.63, 3.8) is 0 Å². The van der Waals surface area contributed by atoms with Crippen LogP contribution in [0.3, 0.4) is 0 Å². The fourth-order valence-electron chi connectivity index (χ4n) is 2.71. The highest BCUT2D eigenvalue weighted by molar-refractivity contribution is 7.97. The second-order valence-electron chi connectivity index (χ2n) is 5.72. The molecule has 2 aromatic rings. The smallest absolute Gasteiger partial charge is 0.194 e. The SMILES string of the molecule is CSCc1ccc(CNC2=NCCN2Cc2ccccc2)cc1. The van der Waals surface area contributed by atoms with Crippen molar-refractivity contribution in [3.8, 4) is 0 Å². The number of nitrogens with one attached hydrogen (secondary N) is 1. The van der Waals surface area contributed by atoms with Crippen LogP contribution in [0.25, 0.3) is 0 Å². The lowest BCUT2D eigenvalue weighted by molar-refractivity contribution is 0.436. The molecule has 0 aromatic heterocycles. The molecule has 0 bridgehead atoms. The first-order valence-electron chi connectivity index (χ1n) is 7.99. The van der Waals surface area contributed by atoms with Gasteiger partial charge >= 0.3 is 0 Å². The van der Waals surface area contributed by atoms with Crippen LogP contribution in [-0.2, 0) is 18.8 Å². The minimum Gasteiger partial charge on any atom is -0.352 e. The van der Waals surface area contributed by atoms with Crippen LogP contribution >= 0.6 is 11.8 Å². The Morgan fingerprint density at radius 1 is 1.00 bits per heavy atom. The molecule has 0 atom stereocenters. The summed E-state index contributed by atoms with van der Waals surface area (Å²) < 4.78 is 0. The highest BCUT2D eigenvalue weighted by atomic mass is 32.2. The maximum Gasteiger partial charge on any atom is 0.194 e. The molecule has 0 unspecified atom stereocenters. The van der Waals surface area contributed by atoms with Crippen LogP contribution < -0.4 is 5.32 Å². The quantitative estimate of drug-likeness (QED) is 0.881. The van der Waals surface area contributed by atoms with E-state index in [-0.39, 0.29) is 0 Å². The van der Waals surface area contributed by atoms with Gasteiger partial charge in [-0.15, -0.1) is 0 Å². The molecule has 1 aliphatic rings. The van der Waals surface area contributed by atoms with Crippen molar-refractivity contribution in [2.45, 2.75) is 18.8 Å². The highest BCUT2D eigenvalue weighted by Gasteiger charge is 2.16. The Kier molecular flexibility index (Phi) is 5.59. The number of hydrogen-bond acceptors (Lipinski definition) is 4. The minimum absolute atomic E-state index is 0.823. The molecule has 3 rings (SSSR count). The van der Waals surface area contributed by atoms with Gasteiger partial charge in [-0.2, -0.15) is 11.8 Å². The summed E-state index contributed by atoms with van der Waals surface area (Å²) in [6, 6.07) is 19.4. The van der Waals surface area contributed by atoms with Gasteiger partial charge in [0.25, 0.3) is 0 Å². The van der Waals surface area contributed by atoms with Crippen molar-refractivity contribution < 1.29 is 0 Å². The molecule has 23 heavy (non-hydrogen) atoms. The van der Waals surface area contributed by atoms with Gasteiger partial charge in [-0.1, -0.05) is 54.6 Å². The topological polar surface area (TPSA) is 27.6 Å². The lowest BCUT2D eigenvalue weighted by atomic mass is 10.1. The molecule has 0 amide bonds. The summed E-state index contributed by atoms with van der Waals surface area (Å²) in [5.41, 5.74) is 4.00. The average Bonchev–Trinajstić information content (AvgIpc) is 3.03. The first kappa shape index (κ1) is 15.9. The number of hydrogen-bond donors (Lipinski definition) is 1. The molecule has 1 aliphatic heterocycles. The second-order valence-corrected chi connectivity index (χ2v) is 6.58. The Morgan fingerprint density at radius 3 is 2.48 bits per heavy atom. The third kappa shape index (κ3) is 4.52. The van der Waals surface area contributed by atoms with Gasteiger partial charge in [0.05, 0.1) is 6.54 Å². The Bertz CT molecular complexity index is 637. The maximum atomic E-state index is 4.60. The molecular formula is C19H23N3S. The largest absolute Gasteiger partial charge is 0.352 e. The number of guanidine groups is 1. The molecule has 0 saturated carbocycles. The predicted molar refractivity (Wildman–Crippen MR) is 99.7 cm³/mol. The van der Waals surface area contributed by atoms with Crippen molar-refractivity contribution >= 4 is 17.7 Å². The molecule has 0 aliphatic carbocycles. The summed E-state index contributed by atoms with van der Waals surface area (Å²) in [4.78, 5) is 6.92. The van der Waals surface area contributed by atoms with Crippen molar-refractivity contribution in [1.82, 2.24) is 10.2 Å². The molecule has 0 fully saturated rings. The molecule has 0 saturated heterocycles. The zero-order chi connectivity index (χ0) is 15.9. The number of thioether (sulfide) groups is 1. The van der Waals surface area contributed by atoms with Gasteiger partial charge in [-0.3, -0.25) is 4.99 Å². The van der Waals surface area contributed by atoms with E-state index < -0.39 is 0 Å². The third-order valence-electron chi connectivity index (χ3n) is 3.93. The van der Waals surface area contributed by atoms with E-state index in [2.05, 4.69) is 76.1 Å². The van der Waals surface area contributed by atoms with Gasteiger partial charge in [0.2, 0.25) is 0 Å². The van der Waals surface area contributed by atoms with Crippen LogP contribution in [0.1, 0.15) is 16.7 Å². The molecule has 1 heterocycles. The van der Waals surface area contributed by atoms with E-state index in [1.807, 2.05) is 11.8 Å². The Balaban J connectivity index is 1.54. The van der Waals surface area contributed by atoms with Gasteiger partial charge < -0.3 is 10.2 Å². The van der Waals surface area contributed by atoms with E-state index in [0.29, 0.717) is 0 Å². The lowest BCUT2D eigenvalue weighted by Gasteiger charge is -2.21. The zero-order valence-corrected chi connectivity index (χ0v) is 14.4. The molecular weight excluding hydrogens is 302 g/mol. The molecule has 3 nitrogen and oxygen atoms in total. The monoisotopic (exact) mass is 325 g/mol. The van der Waals surface area contributed by atoms with Crippen LogP contribution in [0.2, 0.25) is 0 Å².